The van der Waals surface area contributed by atoms with Gasteiger partial charge in [0, 0.05) is 6.42 Å². The van der Waals surface area contributed by atoms with Gasteiger partial charge in [-0.05, 0) is 25.7 Å². The summed E-state index contributed by atoms with van der Waals surface area (Å²) in [5.41, 5.74) is 0. The number of rotatable bonds is 23. The minimum atomic E-state index is 1.18. The van der Waals surface area contributed by atoms with Crippen LogP contribution in [0.25, 0.3) is 0 Å². The van der Waals surface area contributed by atoms with Crippen molar-refractivity contribution in [3.05, 3.63) is 18.2 Å². The fourth-order valence-corrected chi connectivity index (χ4v) is 4.80. The minimum absolute atomic E-state index is 1.18. The molecule has 1 heterocycles. The molecule has 0 unspecified atom stereocenters. The van der Waals surface area contributed by atoms with Gasteiger partial charge in [-0.3, -0.25) is 0 Å². The van der Waals surface area contributed by atoms with E-state index >= 15 is 0 Å². The predicted molar refractivity (Wildman–Crippen MR) is 138 cm³/mol. The van der Waals surface area contributed by atoms with E-state index in [1.807, 2.05) is 0 Å². The first kappa shape index (κ1) is 28.2. The van der Waals surface area contributed by atoms with Gasteiger partial charge < -0.3 is 0 Å². The highest BCUT2D eigenvalue weighted by Crippen LogP contribution is 2.13. The molecule has 31 heavy (non-hydrogen) atoms. The van der Waals surface area contributed by atoms with E-state index in [4.69, 9.17) is 0 Å². The summed E-state index contributed by atoms with van der Waals surface area (Å²) in [4.78, 5) is 0. The van der Waals surface area contributed by atoms with Crippen LogP contribution in [-0.2, 0) is 19.5 Å². The average molecular weight is 434 g/mol. The van der Waals surface area contributed by atoms with Crippen LogP contribution >= 0.6 is 0 Å². The van der Waals surface area contributed by atoms with Crippen molar-refractivity contribution in [1.29, 1.82) is 0 Å². The molecule has 0 saturated carbocycles. The topological polar surface area (TPSA) is 8.81 Å². The zero-order valence-electron chi connectivity index (χ0n) is 21.8. The van der Waals surface area contributed by atoms with E-state index in [1.54, 1.807) is 5.82 Å². The third kappa shape index (κ3) is 14.8. The van der Waals surface area contributed by atoms with E-state index in [1.165, 1.54) is 148 Å². The number of hydrogen-bond acceptors (Lipinski definition) is 0. The fraction of sp³-hybridized carbons (Fsp3) is 0.897. The van der Waals surface area contributed by atoms with E-state index in [0.29, 0.717) is 0 Å². The van der Waals surface area contributed by atoms with Crippen LogP contribution in [0.15, 0.2) is 12.4 Å². The van der Waals surface area contributed by atoms with Crippen molar-refractivity contribution < 1.29 is 4.57 Å². The second-order valence-corrected chi connectivity index (χ2v) is 9.86. The zero-order valence-corrected chi connectivity index (χ0v) is 21.8. The highest BCUT2D eigenvalue weighted by atomic mass is 15.1. The summed E-state index contributed by atoms with van der Waals surface area (Å²) in [6, 6.07) is 0. The van der Waals surface area contributed by atoms with Crippen LogP contribution in [-0.4, -0.2) is 4.57 Å². The molecular weight excluding hydrogens is 376 g/mol. The molecular formula is C29H57N2+. The predicted octanol–water partition coefficient (Wildman–Crippen LogP) is 9.18. The van der Waals surface area contributed by atoms with Gasteiger partial charge in [-0.1, -0.05) is 124 Å². The van der Waals surface area contributed by atoms with Gasteiger partial charge in [0.25, 0.3) is 5.82 Å². The Morgan fingerprint density at radius 3 is 1.48 bits per heavy atom. The molecule has 182 valence electrons. The quantitative estimate of drug-likeness (QED) is 0.120. The van der Waals surface area contributed by atoms with Gasteiger partial charge in [0.05, 0.1) is 13.1 Å². The second kappa shape index (κ2) is 21.1. The molecule has 0 aromatic carbocycles. The largest absolute Gasteiger partial charge is 0.256 e. The number of hydrogen-bond donors (Lipinski definition) is 0. The minimum Gasteiger partial charge on any atom is -0.234 e. The maximum absolute atomic E-state index is 2.57. The van der Waals surface area contributed by atoms with E-state index in [-0.39, 0.29) is 0 Å². The van der Waals surface area contributed by atoms with Crippen LogP contribution in [0.2, 0.25) is 0 Å². The zero-order chi connectivity index (χ0) is 22.4. The lowest BCUT2D eigenvalue weighted by atomic mass is 10.1. The molecule has 0 amide bonds. The number of aryl methyl sites for hydroxylation is 2. The van der Waals surface area contributed by atoms with Crippen LogP contribution in [0, 0.1) is 0 Å². The lowest BCUT2D eigenvalue weighted by Gasteiger charge is -2.06. The van der Waals surface area contributed by atoms with E-state index < -0.39 is 0 Å². The van der Waals surface area contributed by atoms with Gasteiger partial charge in [-0.25, -0.2) is 9.13 Å². The van der Waals surface area contributed by atoms with E-state index in [9.17, 15) is 0 Å². The Morgan fingerprint density at radius 1 is 0.548 bits per heavy atom. The van der Waals surface area contributed by atoms with Crippen molar-refractivity contribution in [3.8, 4) is 0 Å². The standard InChI is InChI=1S/C29H57N2/c1-4-7-9-11-13-15-16-18-20-22-24-29-30(25-6-3)27-28-31(29)26-23-21-19-17-14-12-10-8-5-2/h27-28H,4-26H2,1-3H3/q+1. The van der Waals surface area contributed by atoms with Crippen molar-refractivity contribution in [2.24, 2.45) is 0 Å². The molecule has 0 aliphatic heterocycles. The maximum Gasteiger partial charge on any atom is 0.256 e. The molecule has 0 bridgehead atoms. The first-order chi connectivity index (χ1) is 15.3. The van der Waals surface area contributed by atoms with Crippen LogP contribution in [0.5, 0.6) is 0 Å². The summed E-state index contributed by atoms with van der Waals surface area (Å²) in [5.74, 6) is 1.58. The molecule has 0 saturated heterocycles. The van der Waals surface area contributed by atoms with Crippen molar-refractivity contribution in [2.75, 3.05) is 0 Å². The van der Waals surface area contributed by atoms with Gasteiger partial charge in [0.1, 0.15) is 12.4 Å². The SMILES string of the molecule is CCCCCCCCCCCCc1n(CCCCCCCCCCC)cc[n+]1CCC. The fourth-order valence-electron chi connectivity index (χ4n) is 4.80. The Hall–Kier alpha value is -0.790. The molecule has 1 aromatic heterocycles. The summed E-state index contributed by atoms with van der Waals surface area (Å²) < 4.78 is 5.10. The van der Waals surface area contributed by atoms with Crippen LogP contribution in [0.4, 0.5) is 0 Å². The highest BCUT2D eigenvalue weighted by molar-refractivity contribution is 4.84. The number of unbranched alkanes of at least 4 members (excludes halogenated alkanes) is 17. The van der Waals surface area contributed by atoms with Crippen LogP contribution in [0.1, 0.15) is 155 Å². The third-order valence-electron chi connectivity index (χ3n) is 6.81. The summed E-state index contributed by atoms with van der Waals surface area (Å²) in [7, 11) is 0. The van der Waals surface area contributed by atoms with Crippen LogP contribution in [0.3, 0.4) is 0 Å². The monoisotopic (exact) mass is 433 g/mol. The summed E-state index contributed by atoms with van der Waals surface area (Å²) in [6.07, 6.45) is 34.2. The molecule has 1 aromatic rings. The van der Waals surface area contributed by atoms with Crippen molar-refractivity contribution in [3.63, 3.8) is 0 Å². The first-order valence-corrected chi connectivity index (χ1v) is 14.4. The Morgan fingerprint density at radius 2 is 1.00 bits per heavy atom. The molecule has 1 rings (SSSR count). The van der Waals surface area contributed by atoms with E-state index in [0.717, 1.165) is 0 Å². The van der Waals surface area contributed by atoms with Crippen molar-refractivity contribution in [2.45, 2.75) is 169 Å². The summed E-state index contributed by atoms with van der Waals surface area (Å²) >= 11 is 0. The lowest BCUT2D eigenvalue weighted by molar-refractivity contribution is -0.703. The van der Waals surface area contributed by atoms with Gasteiger partial charge in [-0.2, -0.15) is 0 Å². The number of aromatic nitrogens is 2. The first-order valence-electron chi connectivity index (χ1n) is 14.4. The van der Waals surface area contributed by atoms with Crippen molar-refractivity contribution in [1.82, 2.24) is 4.57 Å². The second-order valence-electron chi connectivity index (χ2n) is 9.86. The van der Waals surface area contributed by atoms with Crippen LogP contribution < -0.4 is 4.57 Å². The van der Waals surface area contributed by atoms with Gasteiger partial charge >= 0.3 is 0 Å². The average Bonchev–Trinajstić information content (AvgIpc) is 3.15. The van der Waals surface area contributed by atoms with E-state index in [2.05, 4.69) is 42.3 Å². The van der Waals surface area contributed by atoms with Gasteiger partial charge in [0.15, 0.2) is 0 Å². The Balaban J connectivity index is 2.18. The lowest BCUT2D eigenvalue weighted by Crippen LogP contribution is -2.37. The maximum atomic E-state index is 2.57. The van der Waals surface area contributed by atoms with Gasteiger partial charge in [0.2, 0.25) is 0 Å². The Bertz CT molecular complexity index is 491. The molecule has 0 aliphatic carbocycles. The number of nitrogens with zero attached hydrogens (tertiary/aromatic N) is 2. The molecule has 0 radical (unpaired) electrons. The Kier molecular flexibility index (Phi) is 19.2. The van der Waals surface area contributed by atoms with Gasteiger partial charge in [-0.15, -0.1) is 0 Å². The molecule has 0 N–H and O–H groups in total. The third-order valence-corrected chi connectivity index (χ3v) is 6.81. The Labute approximate surface area is 196 Å². The van der Waals surface area contributed by atoms with Crippen molar-refractivity contribution >= 4 is 0 Å². The summed E-state index contributed by atoms with van der Waals surface area (Å²) in [6.45, 7) is 9.31. The normalized spacial score (nSPS) is 11.5. The number of imidazole rings is 1. The molecule has 2 nitrogen and oxygen atoms in total. The molecule has 0 aliphatic rings. The smallest absolute Gasteiger partial charge is 0.234 e. The summed E-state index contributed by atoms with van der Waals surface area (Å²) in [5, 5.41) is 0. The molecule has 0 atom stereocenters. The molecule has 0 fully saturated rings. The highest BCUT2D eigenvalue weighted by Gasteiger charge is 2.15. The molecule has 2 heteroatoms. The molecule has 0 spiro atoms.